The first-order chi connectivity index (χ1) is 18.1. The number of carbonyl (C=O) groups excluding carboxylic acids is 2. The van der Waals surface area contributed by atoms with Crippen molar-refractivity contribution >= 4 is 28.7 Å². The summed E-state index contributed by atoms with van der Waals surface area (Å²) < 4.78 is 44.3. The Hall–Kier alpha value is -4.73. The largest absolute Gasteiger partial charge is 0.478 e. The van der Waals surface area contributed by atoms with Gasteiger partial charge in [0.1, 0.15) is 11.7 Å². The molecule has 38 heavy (non-hydrogen) atoms. The molecule has 10 heteroatoms. The Morgan fingerprint density at radius 2 is 1.66 bits per heavy atom. The highest BCUT2D eigenvalue weighted by Gasteiger charge is 2.30. The first-order valence-corrected chi connectivity index (χ1v) is 11.3. The van der Waals surface area contributed by atoms with Gasteiger partial charge >= 0.3 is 18.1 Å². The predicted octanol–water partition coefficient (Wildman–Crippen LogP) is 5.13. The third-order valence-electron chi connectivity index (χ3n) is 5.87. The van der Waals surface area contributed by atoms with Crippen LogP contribution in [0.4, 0.5) is 13.2 Å². The molecule has 7 nitrogen and oxygen atoms in total. The number of methoxy groups -OCH3 is 1. The van der Waals surface area contributed by atoms with Gasteiger partial charge in [-0.05, 0) is 47.0 Å². The van der Waals surface area contributed by atoms with E-state index in [4.69, 9.17) is 4.74 Å². The number of nitrogens with zero attached hydrogens (tertiary/aromatic N) is 1. The molecule has 1 atom stereocenters. The molecule has 0 unspecified atom stereocenters. The number of esters is 1. The highest BCUT2D eigenvalue weighted by Crippen LogP contribution is 2.33. The molecule has 0 spiro atoms. The molecule has 0 saturated carbocycles. The van der Waals surface area contributed by atoms with E-state index in [0.717, 1.165) is 23.8 Å². The van der Waals surface area contributed by atoms with Gasteiger partial charge in [0.15, 0.2) is 0 Å². The molecule has 194 valence electrons. The van der Waals surface area contributed by atoms with Crippen LogP contribution < -0.4 is 5.32 Å². The monoisotopic (exact) mass is 522 g/mol. The third kappa shape index (κ3) is 5.80. The van der Waals surface area contributed by atoms with Crippen molar-refractivity contribution in [1.29, 1.82) is 0 Å². The van der Waals surface area contributed by atoms with Crippen molar-refractivity contribution in [2.24, 2.45) is 0 Å². The minimum atomic E-state index is -4.54. The molecule has 0 radical (unpaired) electrons. The summed E-state index contributed by atoms with van der Waals surface area (Å²) in [5.41, 5.74) is 0.136. The lowest BCUT2D eigenvalue weighted by Crippen LogP contribution is -2.43. The Bertz CT molecular complexity index is 1520. The van der Waals surface area contributed by atoms with Crippen LogP contribution in [0, 0.1) is 0 Å². The number of alkyl halides is 3. The molecule has 0 bridgehead atoms. The number of rotatable bonds is 7. The summed E-state index contributed by atoms with van der Waals surface area (Å²) >= 11 is 0. The van der Waals surface area contributed by atoms with Crippen molar-refractivity contribution < 1.29 is 37.4 Å². The van der Waals surface area contributed by atoms with Gasteiger partial charge in [-0.1, -0.05) is 48.5 Å². The number of carbonyl (C=O) groups is 3. The third-order valence-corrected chi connectivity index (χ3v) is 5.87. The second-order valence-corrected chi connectivity index (χ2v) is 8.41. The number of nitrogens with one attached hydrogen (secondary N) is 1. The Kier molecular flexibility index (Phi) is 7.43. The van der Waals surface area contributed by atoms with E-state index in [9.17, 15) is 32.7 Å². The number of pyridine rings is 1. The molecule has 4 rings (SSSR count). The first-order valence-electron chi connectivity index (χ1n) is 11.3. The van der Waals surface area contributed by atoms with Crippen LogP contribution in [0.25, 0.3) is 22.0 Å². The van der Waals surface area contributed by atoms with E-state index in [1.54, 1.807) is 30.3 Å². The lowest BCUT2D eigenvalue weighted by atomic mass is 9.98. The molecule has 2 N–H and O–H groups in total. The van der Waals surface area contributed by atoms with E-state index in [1.807, 2.05) is 0 Å². The van der Waals surface area contributed by atoms with Gasteiger partial charge < -0.3 is 15.2 Å². The van der Waals surface area contributed by atoms with Gasteiger partial charge in [-0.2, -0.15) is 13.2 Å². The maximum absolute atomic E-state index is 13.2. The summed E-state index contributed by atoms with van der Waals surface area (Å²) in [7, 11) is 1.19. The number of hydrogen-bond acceptors (Lipinski definition) is 5. The van der Waals surface area contributed by atoms with Crippen LogP contribution in [-0.4, -0.2) is 41.1 Å². The molecule has 4 aromatic rings. The van der Waals surface area contributed by atoms with Crippen LogP contribution in [0.1, 0.15) is 32.0 Å². The SMILES string of the molecule is COC(=O)[C@H](Cc1ccccc1)NC(=O)c1cc(C(=O)O)c2cc(-c3cccc(C(F)(F)F)c3)ccc2n1. The number of ether oxygens (including phenoxy) is 1. The molecular formula is C28H21F3N2O5. The average Bonchev–Trinajstić information content (AvgIpc) is 2.91. The van der Waals surface area contributed by atoms with E-state index in [1.165, 1.54) is 37.4 Å². The van der Waals surface area contributed by atoms with Gasteiger partial charge in [0.2, 0.25) is 0 Å². The zero-order valence-electron chi connectivity index (χ0n) is 20.0. The highest BCUT2D eigenvalue weighted by molar-refractivity contribution is 6.07. The molecule has 0 saturated heterocycles. The van der Waals surface area contributed by atoms with Gasteiger partial charge in [0, 0.05) is 11.8 Å². The fraction of sp³-hybridized carbons (Fsp3) is 0.143. The van der Waals surface area contributed by atoms with Gasteiger partial charge in [-0.15, -0.1) is 0 Å². The lowest BCUT2D eigenvalue weighted by Gasteiger charge is -2.17. The van der Waals surface area contributed by atoms with Crippen LogP contribution in [0.15, 0.2) is 78.9 Å². The molecule has 1 heterocycles. The number of aromatic carboxylic acids is 1. The minimum Gasteiger partial charge on any atom is -0.478 e. The van der Waals surface area contributed by atoms with Crippen LogP contribution >= 0.6 is 0 Å². The number of carboxylic acids is 1. The molecule has 3 aromatic carbocycles. The number of benzene rings is 3. The van der Waals surface area contributed by atoms with Crippen LogP contribution in [-0.2, 0) is 22.1 Å². The Morgan fingerprint density at radius 3 is 2.32 bits per heavy atom. The van der Waals surface area contributed by atoms with Crippen molar-refractivity contribution in [3.8, 4) is 11.1 Å². The van der Waals surface area contributed by atoms with E-state index >= 15 is 0 Å². The molecule has 0 fully saturated rings. The number of fused-ring (bicyclic) bond motifs is 1. The van der Waals surface area contributed by atoms with Crippen LogP contribution in [0.2, 0.25) is 0 Å². The topological polar surface area (TPSA) is 106 Å². The fourth-order valence-corrected chi connectivity index (χ4v) is 3.99. The zero-order valence-corrected chi connectivity index (χ0v) is 20.0. The summed E-state index contributed by atoms with van der Waals surface area (Å²) in [6.45, 7) is 0. The summed E-state index contributed by atoms with van der Waals surface area (Å²) in [5.74, 6) is -2.84. The second-order valence-electron chi connectivity index (χ2n) is 8.41. The van der Waals surface area contributed by atoms with E-state index in [-0.39, 0.29) is 34.1 Å². The number of hydrogen-bond donors (Lipinski definition) is 2. The number of amides is 1. The molecule has 0 aliphatic carbocycles. The normalized spacial score (nSPS) is 12.1. The molecule has 0 aliphatic heterocycles. The number of aromatic nitrogens is 1. The number of halogens is 3. The van der Waals surface area contributed by atoms with Gasteiger partial charge in [-0.3, -0.25) is 4.79 Å². The van der Waals surface area contributed by atoms with E-state index in [2.05, 4.69) is 10.3 Å². The van der Waals surface area contributed by atoms with Crippen LogP contribution in [0.5, 0.6) is 0 Å². The summed E-state index contributed by atoms with van der Waals surface area (Å²) in [4.78, 5) is 41.6. The van der Waals surface area contributed by atoms with Gasteiger partial charge in [0.25, 0.3) is 5.91 Å². The summed E-state index contributed by atoms with van der Waals surface area (Å²) in [6, 6.07) is 17.9. The van der Waals surface area contributed by atoms with E-state index < -0.39 is 35.6 Å². The zero-order chi connectivity index (χ0) is 27.4. The maximum Gasteiger partial charge on any atom is 0.416 e. The van der Waals surface area contributed by atoms with Crippen molar-refractivity contribution in [2.45, 2.75) is 18.6 Å². The Morgan fingerprint density at radius 1 is 0.947 bits per heavy atom. The van der Waals surface area contributed by atoms with Crippen molar-refractivity contribution in [3.63, 3.8) is 0 Å². The van der Waals surface area contributed by atoms with Crippen LogP contribution in [0.3, 0.4) is 0 Å². The van der Waals surface area contributed by atoms with Gasteiger partial charge in [-0.25, -0.2) is 14.6 Å². The summed E-state index contributed by atoms with van der Waals surface area (Å²) in [6.07, 6.45) is -4.40. The van der Waals surface area contributed by atoms with E-state index in [0.29, 0.717) is 5.56 Å². The highest BCUT2D eigenvalue weighted by atomic mass is 19.4. The van der Waals surface area contributed by atoms with Gasteiger partial charge in [0.05, 0.1) is 23.8 Å². The molecule has 1 aromatic heterocycles. The van der Waals surface area contributed by atoms with Crippen molar-refractivity contribution in [1.82, 2.24) is 10.3 Å². The van der Waals surface area contributed by atoms with Crippen molar-refractivity contribution in [2.75, 3.05) is 7.11 Å². The first kappa shape index (κ1) is 26.3. The maximum atomic E-state index is 13.2. The quantitative estimate of drug-likeness (QED) is 0.326. The van der Waals surface area contributed by atoms with Crippen molar-refractivity contribution in [3.05, 3.63) is 101 Å². The molecule has 0 aliphatic rings. The number of carboxylic acid groups (broad SMARTS) is 1. The predicted molar refractivity (Wildman–Crippen MR) is 133 cm³/mol. The molecular weight excluding hydrogens is 501 g/mol. The Labute approximate surface area is 214 Å². The Balaban J connectivity index is 1.69. The second kappa shape index (κ2) is 10.7. The minimum absolute atomic E-state index is 0.137. The standard InChI is InChI=1S/C28H21F3N2O5/c1-38-27(37)24(12-16-6-3-2-4-7-16)33-25(34)23-15-21(26(35)36)20-14-18(10-11-22(20)32-23)17-8-5-9-19(13-17)28(29,30)31/h2-11,13-15,24H,12H2,1H3,(H,33,34)(H,35,36)/t24-/m0/s1. The lowest BCUT2D eigenvalue weighted by molar-refractivity contribution is -0.143. The summed E-state index contributed by atoms with van der Waals surface area (Å²) in [5, 5.41) is 12.5. The smallest absolute Gasteiger partial charge is 0.416 e. The average molecular weight is 522 g/mol. The fourth-order valence-electron chi connectivity index (χ4n) is 3.99. The molecule has 1 amide bonds.